The molecule has 19 heteroatoms. The Hall–Kier alpha value is -4.38. The van der Waals surface area contributed by atoms with Crippen molar-refractivity contribution in [2.24, 2.45) is 0 Å². The van der Waals surface area contributed by atoms with Crippen molar-refractivity contribution in [1.29, 1.82) is 0 Å². The van der Waals surface area contributed by atoms with Gasteiger partial charge < -0.3 is 29.4 Å². The van der Waals surface area contributed by atoms with Gasteiger partial charge >= 0.3 is 19.4 Å². The summed E-state index contributed by atoms with van der Waals surface area (Å²) in [6, 6.07) is 7.91. The van der Waals surface area contributed by atoms with Gasteiger partial charge in [0.05, 0.1) is 47.6 Å². The fourth-order valence-electron chi connectivity index (χ4n) is 4.27. The number of anilines is 1. The van der Waals surface area contributed by atoms with Gasteiger partial charge in [-0.3, -0.25) is 24.8 Å². The quantitative estimate of drug-likeness (QED) is 0.0864. The molecule has 1 aliphatic rings. The Labute approximate surface area is 256 Å². The van der Waals surface area contributed by atoms with Crippen LogP contribution in [-0.2, 0) is 23.3 Å². The van der Waals surface area contributed by atoms with Gasteiger partial charge in [-0.05, 0) is 61.6 Å². The van der Waals surface area contributed by atoms with Crippen molar-refractivity contribution in [3.05, 3.63) is 56.6 Å². The number of rotatable bonds is 17. The molecule has 1 saturated heterocycles. The summed E-state index contributed by atoms with van der Waals surface area (Å²) < 4.78 is 46.0. The first-order chi connectivity index (χ1) is 21.4. The molecular weight excluding hydrogens is 619 g/mol. The molecule has 0 radical (unpaired) electrons. The SMILES string of the molecule is CC1(C)OCC(CCOP(=O)(CCCOC(=O)NCCCNc2ccc([N+](=O)[O-])c3nonc23)Oc2ccc([N+](=O)[O-])cc2)O1. The van der Waals surface area contributed by atoms with Gasteiger partial charge in [0, 0.05) is 31.3 Å². The third-order valence-electron chi connectivity index (χ3n) is 6.43. The van der Waals surface area contributed by atoms with Gasteiger partial charge in [-0.25, -0.2) is 14.0 Å². The Morgan fingerprint density at radius 1 is 1.04 bits per heavy atom. The van der Waals surface area contributed by atoms with Crippen molar-refractivity contribution >= 4 is 41.8 Å². The summed E-state index contributed by atoms with van der Waals surface area (Å²) in [5.41, 5.74) is 0.376. The van der Waals surface area contributed by atoms with Crippen LogP contribution in [0.5, 0.6) is 5.75 Å². The summed E-state index contributed by atoms with van der Waals surface area (Å²) in [6.45, 7) is 4.57. The van der Waals surface area contributed by atoms with Gasteiger partial charge in [0.15, 0.2) is 11.3 Å². The van der Waals surface area contributed by atoms with E-state index in [0.29, 0.717) is 31.7 Å². The Balaban J connectivity index is 1.19. The number of ether oxygens (including phenoxy) is 3. The van der Waals surface area contributed by atoms with Crippen LogP contribution in [0, 0.1) is 20.2 Å². The molecule has 1 fully saturated rings. The van der Waals surface area contributed by atoms with Gasteiger partial charge in [0.1, 0.15) is 5.75 Å². The molecule has 2 unspecified atom stereocenters. The van der Waals surface area contributed by atoms with Crippen LogP contribution in [0.3, 0.4) is 0 Å². The minimum absolute atomic E-state index is 0.0289. The smallest absolute Gasteiger partial charge is 0.407 e. The molecule has 244 valence electrons. The van der Waals surface area contributed by atoms with Crippen LogP contribution in [0.2, 0.25) is 0 Å². The van der Waals surface area contributed by atoms with Gasteiger partial charge in [0.25, 0.3) is 5.69 Å². The summed E-state index contributed by atoms with van der Waals surface area (Å²) in [7, 11) is -3.75. The van der Waals surface area contributed by atoms with E-state index in [-0.39, 0.29) is 66.6 Å². The van der Waals surface area contributed by atoms with Crippen LogP contribution in [0.15, 0.2) is 41.0 Å². The number of fused-ring (bicyclic) bond motifs is 1. The number of hydrogen-bond donors (Lipinski definition) is 2. The standard InChI is InChI=1S/C26H33N6O12P/c1-26(2)40-17-20(42-26)11-15-41-45(38,43-19-7-5-18(6-8-19)31(34)35)16-4-14-39-25(33)28-13-3-12-27-21-9-10-22(32(36)37)24-23(21)29-44-30-24/h5-10,20,27H,3-4,11-17H2,1-2H3,(H,28,33). The molecule has 2 N–H and O–H groups in total. The van der Waals surface area contributed by atoms with E-state index in [1.165, 1.54) is 36.4 Å². The Kier molecular flexibility index (Phi) is 11.2. The second kappa shape index (κ2) is 15.1. The molecule has 2 heterocycles. The van der Waals surface area contributed by atoms with Crippen molar-refractivity contribution in [1.82, 2.24) is 15.6 Å². The van der Waals surface area contributed by atoms with Crippen molar-refractivity contribution < 1.29 is 47.1 Å². The van der Waals surface area contributed by atoms with Crippen molar-refractivity contribution in [3.63, 3.8) is 0 Å². The molecule has 0 aliphatic carbocycles. The highest BCUT2D eigenvalue weighted by atomic mass is 31.2. The molecule has 2 atom stereocenters. The van der Waals surface area contributed by atoms with Crippen molar-refractivity contribution in [3.8, 4) is 5.75 Å². The maximum absolute atomic E-state index is 13.6. The summed E-state index contributed by atoms with van der Waals surface area (Å²) in [6.07, 6.45) is 0.0192. The number of alkyl carbamates (subject to hydrolysis) is 1. The van der Waals surface area contributed by atoms with Crippen molar-refractivity contribution in [2.75, 3.05) is 44.4 Å². The summed E-state index contributed by atoms with van der Waals surface area (Å²) in [5.74, 6) is -0.583. The lowest BCUT2D eigenvalue weighted by molar-refractivity contribution is -0.384. The largest absolute Gasteiger partial charge is 0.450 e. The van der Waals surface area contributed by atoms with Crippen LogP contribution >= 0.6 is 7.60 Å². The zero-order valence-electron chi connectivity index (χ0n) is 24.5. The molecule has 0 saturated carbocycles. The summed E-state index contributed by atoms with van der Waals surface area (Å²) in [4.78, 5) is 33.1. The minimum Gasteiger partial charge on any atom is -0.450 e. The van der Waals surface area contributed by atoms with Gasteiger partial charge in [-0.1, -0.05) is 0 Å². The minimum atomic E-state index is -3.75. The summed E-state index contributed by atoms with van der Waals surface area (Å²) >= 11 is 0. The number of non-ortho nitro benzene ring substituents is 2. The third-order valence-corrected chi connectivity index (χ3v) is 8.35. The average Bonchev–Trinajstić information content (AvgIpc) is 3.62. The average molecular weight is 653 g/mol. The number of nitrogens with one attached hydrogen (secondary N) is 2. The first-order valence-corrected chi connectivity index (χ1v) is 15.7. The van der Waals surface area contributed by atoms with Crippen LogP contribution < -0.4 is 15.2 Å². The van der Waals surface area contributed by atoms with E-state index in [4.69, 9.17) is 23.3 Å². The molecule has 3 aromatic rings. The number of nitro benzene ring substituents is 2. The number of amides is 1. The number of nitrogens with zero attached hydrogens (tertiary/aromatic N) is 4. The number of benzene rings is 2. The highest BCUT2D eigenvalue weighted by molar-refractivity contribution is 7.54. The van der Waals surface area contributed by atoms with Crippen LogP contribution in [0.25, 0.3) is 11.0 Å². The van der Waals surface area contributed by atoms with E-state index in [2.05, 4.69) is 25.6 Å². The Morgan fingerprint density at radius 2 is 1.80 bits per heavy atom. The molecule has 18 nitrogen and oxygen atoms in total. The highest BCUT2D eigenvalue weighted by Gasteiger charge is 2.33. The molecule has 4 rings (SSSR count). The number of carbonyl (C=O) groups is 1. The maximum Gasteiger partial charge on any atom is 0.407 e. The predicted molar refractivity (Wildman–Crippen MR) is 157 cm³/mol. The third kappa shape index (κ3) is 9.81. The van der Waals surface area contributed by atoms with Crippen molar-refractivity contribution in [2.45, 2.75) is 45.0 Å². The van der Waals surface area contributed by atoms with E-state index in [1.54, 1.807) is 13.8 Å². The second-order valence-corrected chi connectivity index (χ2v) is 12.4. The first-order valence-electron chi connectivity index (χ1n) is 14.0. The van der Waals surface area contributed by atoms with E-state index in [0.717, 1.165) is 0 Å². The normalized spacial score (nSPS) is 17.0. The zero-order valence-corrected chi connectivity index (χ0v) is 25.4. The number of aromatic nitrogens is 2. The summed E-state index contributed by atoms with van der Waals surface area (Å²) in [5, 5.41) is 35.0. The molecule has 1 aromatic heterocycles. The van der Waals surface area contributed by atoms with Gasteiger partial charge in [-0.15, -0.1) is 0 Å². The van der Waals surface area contributed by atoms with E-state index >= 15 is 0 Å². The number of hydrogen-bond acceptors (Lipinski definition) is 15. The Morgan fingerprint density at radius 3 is 2.49 bits per heavy atom. The predicted octanol–water partition coefficient (Wildman–Crippen LogP) is 4.79. The fourth-order valence-corrected chi connectivity index (χ4v) is 5.89. The maximum atomic E-state index is 13.6. The lowest BCUT2D eigenvalue weighted by Gasteiger charge is -2.21. The molecule has 2 aromatic carbocycles. The number of nitro groups is 2. The molecule has 45 heavy (non-hydrogen) atoms. The monoisotopic (exact) mass is 652 g/mol. The molecule has 1 aliphatic heterocycles. The fraction of sp³-hybridized carbons (Fsp3) is 0.500. The molecule has 1 amide bonds. The topological polar surface area (TPSA) is 230 Å². The van der Waals surface area contributed by atoms with E-state index < -0.39 is 29.3 Å². The van der Waals surface area contributed by atoms with Crippen LogP contribution in [0.4, 0.5) is 21.9 Å². The van der Waals surface area contributed by atoms with Crippen LogP contribution in [-0.4, -0.2) is 77.2 Å². The highest BCUT2D eigenvalue weighted by Crippen LogP contribution is 2.49. The lowest BCUT2D eigenvalue weighted by Crippen LogP contribution is -2.27. The van der Waals surface area contributed by atoms with Crippen LogP contribution in [0.1, 0.15) is 33.1 Å². The van der Waals surface area contributed by atoms with E-state index in [1.807, 2.05) is 0 Å². The number of carbonyl (C=O) groups excluding carboxylic acids is 1. The molecule has 0 bridgehead atoms. The van der Waals surface area contributed by atoms with Gasteiger partial charge in [0.2, 0.25) is 5.52 Å². The zero-order chi connectivity index (χ0) is 32.5. The van der Waals surface area contributed by atoms with E-state index in [9.17, 15) is 29.6 Å². The Bertz CT molecular complexity index is 1530. The van der Waals surface area contributed by atoms with Gasteiger partial charge in [-0.2, -0.15) is 0 Å². The lowest BCUT2D eigenvalue weighted by atomic mass is 10.2. The first kappa shape index (κ1) is 33.5. The molecule has 0 spiro atoms. The molecular formula is C26H33N6O12P. The second-order valence-electron chi connectivity index (χ2n) is 10.3.